The molecule has 0 bridgehead atoms. The van der Waals surface area contributed by atoms with Crippen LogP contribution in [0, 0.1) is 17.8 Å². The third-order valence-corrected chi connectivity index (χ3v) is 6.69. The summed E-state index contributed by atoms with van der Waals surface area (Å²) >= 11 is 6.47. The fourth-order valence-corrected chi connectivity index (χ4v) is 5.18. The smallest absolute Gasteiger partial charge is 0.223 e. The van der Waals surface area contributed by atoms with Crippen LogP contribution in [0.25, 0.3) is 0 Å². The van der Waals surface area contributed by atoms with Crippen LogP contribution >= 0.6 is 11.6 Å². The van der Waals surface area contributed by atoms with Crippen molar-refractivity contribution in [2.45, 2.75) is 88.5 Å². The van der Waals surface area contributed by atoms with E-state index in [4.69, 9.17) is 11.6 Å². The summed E-state index contributed by atoms with van der Waals surface area (Å²) in [7, 11) is 0. The minimum Gasteiger partial charge on any atom is -0.352 e. The Morgan fingerprint density at radius 3 is 2.38 bits per heavy atom. The van der Waals surface area contributed by atoms with E-state index in [0.717, 1.165) is 37.5 Å². The molecule has 3 fully saturated rings. The number of amides is 1. The summed E-state index contributed by atoms with van der Waals surface area (Å²) in [5, 5.41) is 3.44. The third-order valence-electron chi connectivity index (χ3n) is 6.17. The minimum absolute atomic E-state index is 0.141. The average Bonchev–Trinajstić information content (AvgIpc) is 2.72. The first kappa shape index (κ1) is 15.6. The minimum atomic E-state index is 0.141. The Morgan fingerprint density at radius 1 is 0.810 bits per heavy atom. The molecule has 3 heteroatoms. The van der Waals surface area contributed by atoms with E-state index in [1.807, 2.05) is 0 Å². The highest BCUT2D eigenvalue weighted by Gasteiger charge is 2.36. The second-order valence-electron chi connectivity index (χ2n) is 7.58. The zero-order valence-electron chi connectivity index (χ0n) is 13.2. The van der Waals surface area contributed by atoms with Crippen molar-refractivity contribution in [3.63, 3.8) is 0 Å². The van der Waals surface area contributed by atoms with Crippen LogP contribution in [0.3, 0.4) is 0 Å². The monoisotopic (exact) mass is 311 g/mol. The summed E-state index contributed by atoms with van der Waals surface area (Å²) in [6.07, 6.45) is 14.9. The van der Waals surface area contributed by atoms with Gasteiger partial charge in [-0.2, -0.15) is 0 Å². The van der Waals surface area contributed by atoms with Crippen LogP contribution in [0.15, 0.2) is 0 Å². The Bertz CT molecular complexity index is 359. The van der Waals surface area contributed by atoms with E-state index in [2.05, 4.69) is 5.32 Å². The number of rotatable bonds is 2. The fourth-order valence-electron chi connectivity index (χ4n) is 4.84. The maximum absolute atomic E-state index is 12.6. The summed E-state index contributed by atoms with van der Waals surface area (Å²) in [6.45, 7) is 0. The van der Waals surface area contributed by atoms with Crippen LogP contribution in [-0.4, -0.2) is 17.3 Å². The number of fused-ring (bicyclic) bond motifs is 1. The first-order valence-electron chi connectivity index (χ1n) is 9.18. The number of carbonyl (C=O) groups is 1. The standard InChI is InChI=1S/C18H30ClNO/c19-16-8-2-1-3-9-17(16)20-18(21)15-11-10-13-6-4-5-7-14(13)12-15/h13-17H,1-12H2,(H,20,21). The molecular weight excluding hydrogens is 282 g/mol. The van der Waals surface area contributed by atoms with Crippen LogP contribution < -0.4 is 5.32 Å². The van der Waals surface area contributed by atoms with Gasteiger partial charge in [-0.15, -0.1) is 11.6 Å². The normalized spacial score (nSPS) is 40.9. The van der Waals surface area contributed by atoms with Crippen molar-refractivity contribution in [1.29, 1.82) is 0 Å². The molecule has 5 atom stereocenters. The Balaban J connectivity index is 1.52. The largest absolute Gasteiger partial charge is 0.352 e. The van der Waals surface area contributed by atoms with Crippen molar-refractivity contribution in [3.05, 3.63) is 0 Å². The van der Waals surface area contributed by atoms with Gasteiger partial charge in [0, 0.05) is 12.0 Å². The van der Waals surface area contributed by atoms with E-state index in [1.165, 1.54) is 51.4 Å². The highest BCUT2D eigenvalue weighted by atomic mass is 35.5. The summed E-state index contributed by atoms with van der Waals surface area (Å²) in [6, 6.07) is 0.214. The molecule has 3 aliphatic carbocycles. The van der Waals surface area contributed by atoms with Crippen molar-refractivity contribution in [3.8, 4) is 0 Å². The molecule has 3 rings (SSSR count). The van der Waals surface area contributed by atoms with E-state index in [0.29, 0.717) is 5.91 Å². The van der Waals surface area contributed by atoms with Gasteiger partial charge < -0.3 is 5.32 Å². The lowest BCUT2D eigenvalue weighted by Crippen LogP contribution is -2.45. The Kier molecular flexibility index (Phi) is 5.48. The lowest BCUT2D eigenvalue weighted by Gasteiger charge is -2.39. The van der Waals surface area contributed by atoms with Crippen molar-refractivity contribution in [1.82, 2.24) is 5.32 Å². The van der Waals surface area contributed by atoms with Gasteiger partial charge in [0.25, 0.3) is 0 Å². The molecule has 21 heavy (non-hydrogen) atoms. The molecule has 2 nitrogen and oxygen atoms in total. The molecule has 3 aliphatic rings. The van der Waals surface area contributed by atoms with Crippen molar-refractivity contribution < 1.29 is 4.79 Å². The first-order chi connectivity index (χ1) is 10.2. The number of hydrogen-bond acceptors (Lipinski definition) is 1. The lowest BCUT2D eigenvalue weighted by molar-refractivity contribution is -0.128. The van der Waals surface area contributed by atoms with Crippen molar-refractivity contribution in [2.24, 2.45) is 17.8 Å². The summed E-state index contributed by atoms with van der Waals surface area (Å²) < 4.78 is 0. The summed E-state index contributed by atoms with van der Waals surface area (Å²) in [5.41, 5.74) is 0. The molecule has 0 aromatic rings. The molecule has 1 N–H and O–H groups in total. The number of carbonyl (C=O) groups excluding carboxylic acids is 1. The molecule has 120 valence electrons. The maximum atomic E-state index is 12.6. The zero-order chi connectivity index (χ0) is 14.7. The maximum Gasteiger partial charge on any atom is 0.223 e. The van der Waals surface area contributed by atoms with Gasteiger partial charge >= 0.3 is 0 Å². The Hall–Kier alpha value is -0.240. The fraction of sp³-hybridized carbons (Fsp3) is 0.944. The van der Waals surface area contributed by atoms with Gasteiger partial charge in [0.15, 0.2) is 0 Å². The predicted octanol–water partition coefficient (Wildman–Crippen LogP) is 4.65. The van der Waals surface area contributed by atoms with Crippen molar-refractivity contribution in [2.75, 3.05) is 0 Å². The van der Waals surface area contributed by atoms with E-state index in [1.54, 1.807) is 0 Å². The molecule has 3 saturated carbocycles. The molecule has 0 spiro atoms. The summed E-state index contributed by atoms with van der Waals surface area (Å²) in [5.74, 6) is 2.30. The molecule has 5 unspecified atom stereocenters. The van der Waals surface area contributed by atoms with Crippen LogP contribution in [0.4, 0.5) is 0 Å². The molecule has 0 aromatic heterocycles. The lowest BCUT2D eigenvalue weighted by atomic mass is 9.67. The molecule has 0 radical (unpaired) electrons. The van der Waals surface area contributed by atoms with Gasteiger partial charge in [0.2, 0.25) is 5.91 Å². The molecule has 0 heterocycles. The molecular formula is C18H30ClNO. The van der Waals surface area contributed by atoms with Gasteiger partial charge in [-0.3, -0.25) is 4.79 Å². The molecule has 0 aliphatic heterocycles. The highest BCUT2D eigenvalue weighted by molar-refractivity contribution is 6.21. The number of halogens is 1. The quantitative estimate of drug-likeness (QED) is 0.583. The Morgan fingerprint density at radius 2 is 1.52 bits per heavy atom. The molecule has 1 amide bonds. The van der Waals surface area contributed by atoms with Gasteiger partial charge in [-0.05, 0) is 43.9 Å². The van der Waals surface area contributed by atoms with E-state index in [9.17, 15) is 4.79 Å². The van der Waals surface area contributed by atoms with Crippen molar-refractivity contribution >= 4 is 17.5 Å². The van der Waals surface area contributed by atoms with Crippen LogP contribution in [0.5, 0.6) is 0 Å². The second kappa shape index (κ2) is 7.35. The summed E-state index contributed by atoms with van der Waals surface area (Å²) in [4.78, 5) is 12.6. The van der Waals surface area contributed by atoms with Gasteiger partial charge in [0.1, 0.15) is 0 Å². The molecule has 0 saturated heterocycles. The Labute approximate surface area is 134 Å². The first-order valence-corrected chi connectivity index (χ1v) is 9.62. The molecule has 0 aromatic carbocycles. The number of alkyl halides is 1. The van der Waals surface area contributed by atoms with Crippen LogP contribution in [0.2, 0.25) is 0 Å². The zero-order valence-corrected chi connectivity index (χ0v) is 13.9. The van der Waals surface area contributed by atoms with E-state index < -0.39 is 0 Å². The van der Waals surface area contributed by atoms with E-state index >= 15 is 0 Å². The van der Waals surface area contributed by atoms with Gasteiger partial charge in [0.05, 0.1) is 5.38 Å². The second-order valence-corrected chi connectivity index (χ2v) is 8.14. The van der Waals surface area contributed by atoms with Crippen LogP contribution in [-0.2, 0) is 4.79 Å². The number of hydrogen-bond donors (Lipinski definition) is 1. The van der Waals surface area contributed by atoms with Gasteiger partial charge in [-0.1, -0.05) is 44.9 Å². The highest BCUT2D eigenvalue weighted by Crippen LogP contribution is 2.42. The predicted molar refractivity (Wildman–Crippen MR) is 87.4 cm³/mol. The SMILES string of the molecule is O=C(NC1CCCCCC1Cl)C1CCC2CCCCC2C1. The van der Waals surface area contributed by atoms with Gasteiger partial charge in [-0.25, -0.2) is 0 Å². The third kappa shape index (κ3) is 3.94. The average molecular weight is 312 g/mol. The van der Waals surface area contributed by atoms with E-state index in [-0.39, 0.29) is 17.3 Å². The topological polar surface area (TPSA) is 29.1 Å². The number of nitrogens with one attached hydrogen (secondary N) is 1. The van der Waals surface area contributed by atoms with Crippen LogP contribution in [0.1, 0.15) is 77.0 Å².